The molecule has 0 spiro atoms. The fraction of sp³-hybridized carbons (Fsp3) is 0.452. The molecule has 4 N–H and O–H groups in total. The Morgan fingerprint density at radius 1 is 0.875 bits per heavy atom. The zero-order valence-corrected chi connectivity index (χ0v) is 24.1. The van der Waals surface area contributed by atoms with Crippen molar-refractivity contribution in [1.82, 2.24) is 14.9 Å². The van der Waals surface area contributed by atoms with Gasteiger partial charge in [-0.05, 0) is 69.8 Å². The van der Waals surface area contributed by atoms with Gasteiger partial charge in [0.2, 0.25) is 0 Å². The van der Waals surface area contributed by atoms with Gasteiger partial charge in [0, 0.05) is 62.3 Å². The third kappa shape index (κ3) is 5.99. The second-order valence-corrected chi connectivity index (χ2v) is 10.9. The van der Waals surface area contributed by atoms with Crippen molar-refractivity contribution in [1.29, 1.82) is 5.41 Å². The minimum atomic E-state index is 0.680. The van der Waals surface area contributed by atoms with Crippen molar-refractivity contribution in [3.05, 3.63) is 48.3 Å². The number of hydrogen-bond acceptors (Lipinski definition) is 9. The predicted octanol–water partition coefficient (Wildman–Crippen LogP) is 5.54. The second kappa shape index (κ2) is 12.6. The van der Waals surface area contributed by atoms with Crippen LogP contribution in [0, 0.1) is 17.2 Å². The van der Waals surface area contributed by atoms with Crippen LogP contribution in [0.1, 0.15) is 31.2 Å². The highest BCUT2D eigenvalue weighted by molar-refractivity contribution is 5.88. The standard InChI is InChI=1S/C31H42N8O/c1-33-25-15-23(5-6-24(25)19-32)26-17-31(36-20-35-26)37-28-16-27(34-2)29(18-30(28)40-4)39-13-9-22(10-14-39)21-7-11-38(3)12-8-21/h5-6,15-22,32-34H,7-14H2,1-4H3,(H,35,36,37). The van der Waals surface area contributed by atoms with E-state index in [9.17, 15) is 0 Å². The highest BCUT2D eigenvalue weighted by atomic mass is 16.5. The highest BCUT2D eigenvalue weighted by Crippen LogP contribution is 2.41. The summed E-state index contributed by atoms with van der Waals surface area (Å²) in [7, 11) is 7.78. The summed E-state index contributed by atoms with van der Waals surface area (Å²) in [6.07, 6.45) is 8.09. The number of likely N-dealkylation sites (tertiary alicyclic amines) is 1. The number of nitrogens with one attached hydrogen (secondary N) is 4. The van der Waals surface area contributed by atoms with Crippen molar-refractivity contribution in [3.63, 3.8) is 0 Å². The molecule has 1 aromatic heterocycles. The number of piperidine rings is 2. The molecule has 5 rings (SSSR count). The maximum atomic E-state index is 7.61. The Morgan fingerprint density at radius 2 is 1.57 bits per heavy atom. The van der Waals surface area contributed by atoms with Gasteiger partial charge in [0.05, 0.1) is 29.9 Å². The lowest BCUT2D eigenvalue weighted by Gasteiger charge is -2.40. The molecular weight excluding hydrogens is 500 g/mol. The van der Waals surface area contributed by atoms with Crippen LogP contribution in [0.3, 0.4) is 0 Å². The average Bonchev–Trinajstić information content (AvgIpc) is 3.01. The molecule has 0 saturated carbocycles. The van der Waals surface area contributed by atoms with E-state index in [-0.39, 0.29) is 0 Å². The van der Waals surface area contributed by atoms with Crippen molar-refractivity contribution in [2.24, 2.45) is 11.8 Å². The molecule has 0 aliphatic carbocycles. The maximum Gasteiger partial charge on any atom is 0.144 e. The van der Waals surface area contributed by atoms with E-state index in [0.717, 1.165) is 64.6 Å². The largest absolute Gasteiger partial charge is 0.494 e. The summed E-state index contributed by atoms with van der Waals surface area (Å²) >= 11 is 0. The van der Waals surface area contributed by atoms with E-state index in [2.05, 4.69) is 54.9 Å². The molecule has 9 heteroatoms. The third-order valence-corrected chi connectivity index (χ3v) is 8.60. The summed E-state index contributed by atoms with van der Waals surface area (Å²) in [4.78, 5) is 13.9. The van der Waals surface area contributed by atoms with Crippen LogP contribution in [0.15, 0.2) is 42.7 Å². The minimum Gasteiger partial charge on any atom is -0.494 e. The number of nitrogens with zero attached hydrogens (tertiary/aromatic N) is 4. The number of rotatable bonds is 9. The molecule has 2 saturated heterocycles. The van der Waals surface area contributed by atoms with Crippen LogP contribution < -0.4 is 25.6 Å². The van der Waals surface area contributed by atoms with Gasteiger partial charge in [-0.15, -0.1) is 0 Å². The molecule has 0 amide bonds. The molecule has 2 fully saturated rings. The number of benzene rings is 2. The quantitative estimate of drug-likeness (QED) is 0.262. The van der Waals surface area contributed by atoms with Crippen LogP contribution in [-0.2, 0) is 0 Å². The van der Waals surface area contributed by atoms with E-state index >= 15 is 0 Å². The summed E-state index contributed by atoms with van der Waals surface area (Å²) in [6.45, 7) is 4.62. The van der Waals surface area contributed by atoms with E-state index in [0.29, 0.717) is 5.82 Å². The van der Waals surface area contributed by atoms with Crippen molar-refractivity contribution >= 4 is 34.8 Å². The molecule has 0 unspecified atom stereocenters. The number of anilines is 5. The lowest BCUT2D eigenvalue weighted by molar-refractivity contribution is 0.154. The second-order valence-electron chi connectivity index (χ2n) is 10.9. The molecule has 212 valence electrons. The van der Waals surface area contributed by atoms with Gasteiger partial charge in [-0.25, -0.2) is 9.97 Å². The van der Waals surface area contributed by atoms with Crippen LogP contribution in [-0.4, -0.2) is 75.5 Å². The number of ether oxygens (including phenoxy) is 1. The van der Waals surface area contributed by atoms with E-state index < -0.39 is 0 Å². The predicted molar refractivity (Wildman–Crippen MR) is 166 cm³/mol. The molecule has 40 heavy (non-hydrogen) atoms. The van der Waals surface area contributed by atoms with Crippen LogP contribution in [0.5, 0.6) is 5.75 Å². The molecule has 2 aliphatic heterocycles. The first kappa shape index (κ1) is 27.7. The van der Waals surface area contributed by atoms with Crippen LogP contribution in [0.4, 0.5) is 28.6 Å². The van der Waals surface area contributed by atoms with Gasteiger partial charge < -0.3 is 35.9 Å². The molecule has 3 aromatic rings. The fourth-order valence-electron chi connectivity index (χ4n) is 6.19. The lowest BCUT2D eigenvalue weighted by atomic mass is 9.79. The van der Waals surface area contributed by atoms with E-state index in [1.165, 1.54) is 50.7 Å². The Hall–Kier alpha value is -3.85. The van der Waals surface area contributed by atoms with E-state index in [1.807, 2.05) is 38.4 Å². The zero-order valence-electron chi connectivity index (χ0n) is 24.1. The van der Waals surface area contributed by atoms with Crippen molar-refractivity contribution in [2.75, 3.05) is 75.3 Å². The third-order valence-electron chi connectivity index (χ3n) is 8.60. The molecular formula is C31H42N8O. The normalized spacial score (nSPS) is 16.9. The average molecular weight is 543 g/mol. The molecule has 0 radical (unpaired) electrons. The SMILES string of the molecule is CNc1cc(-c2cc(Nc3cc(NC)c(N4CCC(C5CCN(C)CC5)CC4)cc3OC)ncn2)ccc1C=N. The maximum absolute atomic E-state index is 7.61. The summed E-state index contributed by atoms with van der Waals surface area (Å²) in [5.74, 6) is 3.17. The van der Waals surface area contributed by atoms with Crippen molar-refractivity contribution in [2.45, 2.75) is 25.7 Å². The summed E-state index contributed by atoms with van der Waals surface area (Å²) in [5.41, 5.74) is 6.54. The first-order valence-corrected chi connectivity index (χ1v) is 14.3. The Labute approximate surface area is 237 Å². The van der Waals surface area contributed by atoms with E-state index in [4.69, 9.17) is 10.1 Å². The van der Waals surface area contributed by atoms with Crippen LogP contribution in [0.2, 0.25) is 0 Å². The molecule has 9 nitrogen and oxygen atoms in total. The van der Waals surface area contributed by atoms with Gasteiger partial charge in [-0.3, -0.25) is 0 Å². The zero-order chi connectivity index (χ0) is 28.1. The van der Waals surface area contributed by atoms with E-state index in [1.54, 1.807) is 13.4 Å². The first-order chi connectivity index (χ1) is 19.5. The van der Waals surface area contributed by atoms with Crippen LogP contribution >= 0.6 is 0 Å². The van der Waals surface area contributed by atoms with Gasteiger partial charge in [0.15, 0.2) is 0 Å². The van der Waals surface area contributed by atoms with Gasteiger partial charge in [-0.1, -0.05) is 12.1 Å². The van der Waals surface area contributed by atoms with Gasteiger partial charge in [0.25, 0.3) is 0 Å². The van der Waals surface area contributed by atoms with Gasteiger partial charge >= 0.3 is 0 Å². The summed E-state index contributed by atoms with van der Waals surface area (Å²) < 4.78 is 5.85. The number of hydrogen-bond donors (Lipinski definition) is 4. The topological polar surface area (TPSA) is 101 Å². The fourth-order valence-corrected chi connectivity index (χ4v) is 6.19. The summed E-state index contributed by atoms with van der Waals surface area (Å²) in [6, 6.07) is 12.1. The Balaban J connectivity index is 1.33. The smallest absolute Gasteiger partial charge is 0.144 e. The minimum absolute atomic E-state index is 0.680. The summed E-state index contributed by atoms with van der Waals surface area (Å²) in [5, 5.41) is 17.6. The van der Waals surface area contributed by atoms with Crippen molar-refractivity contribution < 1.29 is 4.74 Å². The van der Waals surface area contributed by atoms with Gasteiger partial charge in [0.1, 0.15) is 17.9 Å². The van der Waals surface area contributed by atoms with Crippen molar-refractivity contribution in [3.8, 4) is 17.0 Å². The molecule has 0 atom stereocenters. The molecule has 2 aliphatic rings. The molecule has 3 heterocycles. The monoisotopic (exact) mass is 542 g/mol. The Morgan fingerprint density at radius 3 is 2.23 bits per heavy atom. The van der Waals surface area contributed by atoms with Gasteiger partial charge in [-0.2, -0.15) is 0 Å². The Bertz CT molecular complexity index is 1310. The molecule has 0 bridgehead atoms. The Kier molecular flexibility index (Phi) is 8.69. The number of methoxy groups -OCH3 is 1. The van der Waals surface area contributed by atoms with Crippen LogP contribution in [0.25, 0.3) is 11.3 Å². The number of aromatic nitrogens is 2. The highest BCUT2D eigenvalue weighted by Gasteiger charge is 2.29. The molecule has 2 aromatic carbocycles. The first-order valence-electron chi connectivity index (χ1n) is 14.3. The lowest BCUT2D eigenvalue weighted by Crippen LogP contribution is -2.40.